The quantitative estimate of drug-likeness (QED) is 0.582. The number of carbonyl (C=O) groups is 2. The predicted molar refractivity (Wildman–Crippen MR) is 65.8 cm³/mol. The molecule has 102 valence electrons. The Hall–Kier alpha value is -0.690. The zero-order valence-electron chi connectivity index (χ0n) is 10.1. The van der Waals surface area contributed by atoms with Gasteiger partial charge in [0.1, 0.15) is 12.7 Å². The molecule has 0 saturated heterocycles. The fourth-order valence-corrected chi connectivity index (χ4v) is 1.17. The van der Waals surface area contributed by atoms with Crippen molar-refractivity contribution in [3.05, 3.63) is 0 Å². The zero-order valence-corrected chi connectivity index (χ0v) is 11.0. The van der Waals surface area contributed by atoms with Crippen LogP contribution in [0.4, 0.5) is 0 Å². The van der Waals surface area contributed by atoms with Gasteiger partial charge in [0.2, 0.25) is 0 Å². The Labute approximate surface area is 107 Å². The van der Waals surface area contributed by atoms with Gasteiger partial charge in [-0.05, 0) is 6.42 Å². The van der Waals surface area contributed by atoms with E-state index >= 15 is 0 Å². The molecular formula is C10H21ClN2O4. The van der Waals surface area contributed by atoms with Gasteiger partial charge < -0.3 is 15.6 Å². The molecule has 0 aliphatic carbocycles. The number of ether oxygens (including phenoxy) is 1. The number of rotatable bonds is 7. The average Bonchev–Trinajstić information content (AvgIpc) is 2.24. The molecule has 0 aromatic heterocycles. The molecule has 0 saturated carbocycles. The number of nitrogens with one attached hydrogen (secondary N) is 1. The maximum Gasteiger partial charge on any atom is 0.257 e. The second kappa shape index (κ2) is 10.5. The zero-order chi connectivity index (χ0) is 12.6. The third kappa shape index (κ3) is 8.09. The van der Waals surface area contributed by atoms with Crippen molar-refractivity contribution in [2.24, 2.45) is 5.73 Å². The van der Waals surface area contributed by atoms with Gasteiger partial charge in [-0.2, -0.15) is 0 Å². The van der Waals surface area contributed by atoms with Crippen LogP contribution in [0, 0.1) is 0 Å². The minimum absolute atomic E-state index is 0. The largest absolute Gasteiger partial charge is 0.382 e. The standard InChI is InChI=1S/C10H20N2O4.ClH/c1-3-4-5-7(11)9(14)10(15)12-8(13)6-16-2;/h7,9,14H,3-6,11H2,1-2H3,(H,12,13,15);1H/t7-,9+;/m1./s1. The SMILES string of the molecule is CCCC[C@@H](N)[C@H](O)C(=O)NC(=O)COC.Cl. The number of amides is 2. The Bertz CT molecular complexity index is 238. The fourth-order valence-electron chi connectivity index (χ4n) is 1.17. The molecule has 0 fully saturated rings. The maximum atomic E-state index is 11.3. The van der Waals surface area contributed by atoms with E-state index in [0.717, 1.165) is 12.8 Å². The summed E-state index contributed by atoms with van der Waals surface area (Å²) in [5, 5.41) is 11.5. The molecule has 0 radical (unpaired) electrons. The first-order chi connectivity index (χ1) is 7.52. The van der Waals surface area contributed by atoms with E-state index in [0.29, 0.717) is 6.42 Å². The Morgan fingerprint density at radius 2 is 2.06 bits per heavy atom. The summed E-state index contributed by atoms with van der Waals surface area (Å²) in [5.41, 5.74) is 5.60. The molecule has 0 unspecified atom stereocenters. The summed E-state index contributed by atoms with van der Waals surface area (Å²) in [6.45, 7) is 1.77. The molecule has 4 N–H and O–H groups in total. The molecule has 17 heavy (non-hydrogen) atoms. The molecule has 7 heteroatoms. The Morgan fingerprint density at radius 1 is 1.47 bits per heavy atom. The lowest BCUT2D eigenvalue weighted by Crippen LogP contribution is -2.48. The third-order valence-corrected chi connectivity index (χ3v) is 2.10. The molecule has 0 aromatic rings. The van der Waals surface area contributed by atoms with Gasteiger partial charge >= 0.3 is 0 Å². The fraction of sp³-hybridized carbons (Fsp3) is 0.800. The molecule has 0 aliphatic heterocycles. The highest BCUT2D eigenvalue weighted by Gasteiger charge is 2.23. The number of hydrogen-bond donors (Lipinski definition) is 3. The van der Waals surface area contributed by atoms with Gasteiger partial charge in [0.05, 0.1) is 0 Å². The van der Waals surface area contributed by atoms with Gasteiger partial charge in [-0.3, -0.25) is 14.9 Å². The van der Waals surface area contributed by atoms with E-state index in [2.05, 4.69) is 4.74 Å². The maximum absolute atomic E-state index is 11.3. The number of halogens is 1. The first-order valence-corrected chi connectivity index (χ1v) is 5.29. The van der Waals surface area contributed by atoms with Crippen molar-refractivity contribution < 1.29 is 19.4 Å². The number of unbranched alkanes of at least 4 members (excludes halogenated alkanes) is 1. The van der Waals surface area contributed by atoms with Crippen LogP contribution in [0.2, 0.25) is 0 Å². The number of aliphatic hydroxyl groups is 1. The highest BCUT2D eigenvalue weighted by atomic mass is 35.5. The second-order valence-corrected chi connectivity index (χ2v) is 3.60. The third-order valence-electron chi connectivity index (χ3n) is 2.10. The number of nitrogens with two attached hydrogens (primary N) is 1. The molecule has 0 heterocycles. The van der Waals surface area contributed by atoms with E-state index in [1.165, 1.54) is 7.11 Å². The van der Waals surface area contributed by atoms with Crippen LogP contribution < -0.4 is 11.1 Å². The van der Waals surface area contributed by atoms with E-state index in [1.807, 2.05) is 12.2 Å². The number of aliphatic hydroxyl groups excluding tert-OH is 1. The number of imide groups is 1. The summed E-state index contributed by atoms with van der Waals surface area (Å²) in [6, 6.07) is -0.643. The van der Waals surface area contributed by atoms with Crippen LogP contribution in [-0.2, 0) is 14.3 Å². The van der Waals surface area contributed by atoms with Crippen LogP contribution in [0.3, 0.4) is 0 Å². The van der Waals surface area contributed by atoms with Crippen LogP contribution in [-0.4, -0.2) is 42.8 Å². The van der Waals surface area contributed by atoms with Crippen molar-refractivity contribution in [3.63, 3.8) is 0 Å². The molecule has 6 nitrogen and oxygen atoms in total. The van der Waals surface area contributed by atoms with E-state index in [4.69, 9.17) is 5.73 Å². The van der Waals surface area contributed by atoms with Gasteiger partial charge in [-0.15, -0.1) is 12.4 Å². The van der Waals surface area contributed by atoms with Crippen molar-refractivity contribution in [1.29, 1.82) is 0 Å². The van der Waals surface area contributed by atoms with Crippen molar-refractivity contribution in [2.75, 3.05) is 13.7 Å². The highest BCUT2D eigenvalue weighted by Crippen LogP contribution is 2.02. The van der Waals surface area contributed by atoms with Crippen molar-refractivity contribution in [2.45, 2.75) is 38.3 Å². The first kappa shape index (κ1) is 18.7. The minimum Gasteiger partial charge on any atom is -0.382 e. The van der Waals surface area contributed by atoms with Gasteiger partial charge in [-0.25, -0.2) is 0 Å². The van der Waals surface area contributed by atoms with Crippen molar-refractivity contribution in [3.8, 4) is 0 Å². The summed E-state index contributed by atoms with van der Waals surface area (Å²) in [7, 11) is 1.34. The van der Waals surface area contributed by atoms with Crippen LogP contribution in [0.15, 0.2) is 0 Å². The minimum atomic E-state index is -1.35. The van der Waals surface area contributed by atoms with Gasteiger partial charge in [0.15, 0.2) is 0 Å². The molecule has 0 bridgehead atoms. The Morgan fingerprint density at radius 3 is 2.53 bits per heavy atom. The lowest BCUT2D eigenvalue weighted by atomic mass is 10.0. The van der Waals surface area contributed by atoms with E-state index in [9.17, 15) is 14.7 Å². The van der Waals surface area contributed by atoms with E-state index in [1.54, 1.807) is 0 Å². The lowest BCUT2D eigenvalue weighted by molar-refractivity contribution is -0.138. The van der Waals surface area contributed by atoms with E-state index in [-0.39, 0.29) is 19.0 Å². The molecule has 2 atom stereocenters. The van der Waals surface area contributed by atoms with Crippen molar-refractivity contribution in [1.82, 2.24) is 5.32 Å². The average molecular weight is 269 g/mol. The summed E-state index contributed by atoms with van der Waals surface area (Å²) in [6.07, 6.45) is 0.957. The molecule has 0 aromatic carbocycles. The summed E-state index contributed by atoms with van der Waals surface area (Å²) in [5.74, 6) is -1.36. The molecule has 2 amide bonds. The lowest BCUT2D eigenvalue weighted by Gasteiger charge is -2.17. The van der Waals surface area contributed by atoms with E-state index < -0.39 is 24.0 Å². The van der Waals surface area contributed by atoms with Crippen LogP contribution in [0.5, 0.6) is 0 Å². The number of hydrogen-bond acceptors (Lipinski definition) is 5. The smallest absolute Gasteiger partial charge is 0.257 e. The summed E-state index contributed by atoms with van der Waals surface area (Å²) < 4.78 is 4.53. The summed E-state index contributed by atoms with van der Waals surface area (Å²) in [4.78, 5) is 22.3. The Balaban J connectivity index is 0. The molecule has 0 aliphatic rings. The second-order valence-electron chi connectivity index (χ2n) is 3.60. The van der Waals surface area contributed by atoms with Crippen LogP contribution >= 0.6 is 12.4 Å². The number of carbonyl (C=O) groups excluding carboxylic acids is 2. The normalized spacial score (nSPS) is 13.4. The number of methoxy groups -OCH3 is 1. The van der Waals surface area contributed by atoms with Crippen LogP contribution in [0.1, 0.15) is 26.2 Å². The molecule has 0 spiro atoms. The first-order valence-electron chi connectivity index (χ1n) is 5.29. The van der Waals surface area contributed by atoms with Gasteiger partial charge in [-0.1, -0.05) is 19.8 Å². The Kier molecular flexibility index (Phi) is 11.5. The highest BCUT2D eigenvalue weighted by molar-refractivity contribution is 5.98. The van der Waals surface area contributed by atoms with Gasteiger partial charge in [0, 0.05) is 13.2 Å². The van der Waals surface area contributed by atoms with Crippen molar-refractivity contribution >= 4 is 24.2 Å². The topological polar surface area (TPSA) is 102 Å². The summed E-state index contributed by atoms with van der Waals surface area (Å²) >= 11 is 0. The van der Waals surface area contributed by atoms with Crippen LogP contribution in [0.25, 0.3) is 0 Å². The molecule has 0 rings (SSSR count). The predicted octanol–water partition coefficient (Wildman–Crippen LogP) is -0.424. The molecular weight excluding hydrogens is 248 g/mol. The van der Waals surface area contributed by atoms with Gasteiger partial charge in [0.25, 0.3) is 11.8 Å². The monoisotopic (exact) mass is 268 g/mol.